The van der Waals surface area contributed by atoms with Gasteiger partial charge in [0.05, 0.1) is 13.2 Å². The first-order valence-corrected chi connectivity index (χ1v) is 7.78. The van der Waals surface area contributed by atoms with Gasteiger partial charge in [0.2, 0.25) is 0 Å². The summed E-state index contributed by atoms with van der Waals surface area (Å²) in [4.78, 5) is 15.1. The normalized spacial score (nSPS) is 18.6. The van der Waals surface area contributed by atoms with E-state index in [1.807, 2.05) is 0 Å². The predicted octanol–water partition coefficient (Wildman–Crippen LogP) is 3.02. The molecule has 2 heterocycles. The van der Waals surface area contributed by atoms with Gasteiger partial charge in [-0.3, -0.25) is 4.90 Å². The quantitative estimate of drug-likeness (QED) is 0.923. The monoisotopic (exact) mass is 282 g/mol. The van der Waals surface area contributed by atoms with E-state index in [1.54, 1.807) is 11.3 Å². The van der Waals surface area contributed by atoms with Gasteiger partial charge in [0, 0.05) is 11.4 Å². The van der Waals surface area contributed by atoms with Crippen LogP contribution in [0.4, 0.5) is 4.79 Å². The van der Waals surface area contributed by atoms with Gasteiger partial charge in [0.1, 0.15) is 0 Å². The Kier molecular flexibility index (Phi) is 5.66. The molecule has 1 aliphatic heterocycles. The predicted molar refractivity (Wildman–Crippen MR) is 77.5 cm³/mol. The van der Waals surface area contributed by atoms with Gasteiger partial charge in [0.15, 0.2) is 0 Å². The molecule has 0 aliphatic carbocycles. The molecular weight excluding hydrogens is 260 g/mol. The zero-order valence-corrected chi connectivity index (χ0v) is 12.2. The third-order valence-electron chi connectivity index (χ3n) is 3.58. The highest BCUT2D eigenvalue weighted by Gasteiger charge is 2.22. The number of rotatable bonds is 4. The number of nitrogens with zero attached hydrogens (tertiary/aromatic N) is 1. The van der Waals surface area contributed by atoms with E-state index in [2.05, 4.69) is 32.5 Å². The topological polar surface area (TPSA) is 41.6 Å². The van der Waals surface area contributed by atoms with E-state index in [9.17, 15) is 4.79 Å². The van der Waals surface area contributed by atoms with Gasteiger partial charge in [-0.25, -0.2) is 4.79 Å². The van der Waals surface area contributed by atoms with E-state index in [0.717, 1.165) is 13.1 Å². The summed E-state index contributed by atoms with van der Waals surface area (Å²) < 4.78 is 4.66. The van der Waals surface area contributed by atoms with Gasteiger partial charge >= 0.3 is 6.09 Å². The maximum atomic E-state index is 11.3. The van der Waals surface area contributed by atoms with Crippen LogP contribution in [0.15, 0.2) is 17.5 Å². The fourth-order valence-corrected chi connectivity index (χ4v) is 3.41. The SMILES string of the molecule is COC(=O)NCC(c1cccs1)N1CCCCCC1. The molecule has 1 fully saturated rings. The number of carbonyl (C=O) groups excluding carboxylic acids is 1. The van der Waals surface area contributed by atoms with Gasteiger partial charge < -0.3 is 10.1 Å². The van der Waals surface area contributed by atoms with E-state index < -0.39 is 0 Å². The van der Waals surface area contributed by atoms with Crippen LogP contribution in [0.25, 0.3) is 0 Å². The van der Waals surface area contributed by atoms with Crippen molar-refractivity contribution in [2.45, 2.75) is 31.7 Å². The molecule has 106 valence electrons. The van der Waals surface area contributed by atoms with Crippen molar-refractivity contribution in [3.63, 3.8) is 0 Å². The summed E-state index contributed by atoms with van der Waals surface area (Å²) in [5.74, 6) is 0. The minimum absolute atomic E-state index is 0.275. The van der Waals surface area contributed by atoms with E-state index in [4.69, 9.17) is 0 Å². The Labute approximate surface area is 118 Å². The summed E-state index contributed by atoms with van der Waals surface area (Å²) in [6, 6.07) is 4.50. The van der Waals surface area contributed by atoms with Crippen molar-refractivity contribution in [2.75, 3.05) is 26.7 Å². The largest absolute Gasteiger partial charge is 0.453 e. The molecule has 1 atom stereocenters. The first kappa shape index (κ1) is 14.3. The Hall–Kier alpha value is -1.07. The molecule has 1 saturated heterocycles. The Morgan fingerprint density at radius 1 is 1.42 bits per heavy atom. The second-order valence-electron chi connectivity index (χ2n) is 4.85. The molecule has 1 amide bonds. The Bertz CT molecular complexity index is 373. The molecule has 5 heteroatoms. The highest BCUT2D eigenvalue weighted by molar-refractivity contribution is 7.10. The zero-order valence-electron chi connectivity index (χ0n) is 11.4. The number of ether oxygens (including phenoxy) is 1. The Morgan fingerprint density at radius 3 is 2.74 bits per heavy atom. The average Bonchev–Trinajstić information content (AvgIpc) is 2.82. The molecule has 1 aromatic heterocycles. The van der Waals surface area contributed by atoms with Crippen molar-refractivity contribution < 1.29 is 9.53 Å². The van der Waals surface area contributed by atoms with Crippen LogP contribution in [0, 0.1) is 0 Å². The molecule has 0 radical (unpaired) electrons. The Morgan fingerprint density at radius 2 is 2.16 bits per heavy atom. The molecule has 0 aromatic carbocycles. The standard InChI is InChI=1S/C14H22N2O2S/c1-18-14(17)15-11-12(13-7-6-10-19-13)16-8-4-2-3-5-9-16/h6-7,10,12H,2-5,8-9,11H2,1H3,(H,15,17). The number of thiophene rings is 1. The second kappa shape index (κ2) is 7.50. The number of amides is 1. The number of hydrogen-bond donors (Lipinski definition) is 1. The van der Waals surface area contributed by atoms with Gasteiger partial charge in [-0.1, -0.05) is 18.9 Å². The van der Waals surface area contributed by atoms with Crippen molar-refractivity contribution in [1.29, 1.82) is 0 Å². The molecule has 1 unspecified atom stereocenters. The summed E-state index contributed by atoms with van der Waals surface area (Å²) in [6.45, 7) is 2.85. The molecule has 4 nitrogen and oxygen atoms in total. The highest BCUT2D eigenvalue weighted by Crippen LogP contribution is 2.27. The fourth-order valence-electron chi connectivity index (χ4n) is 2.55. The lowest BCUT2D eigenvalue weighted by Gasteiger charge is -2.30. The van der Waals surface area contributed by atoms with Gasteiger partial charge in [0.25, 0.3) is 0 Å². The summed E-state index contributed by atoms with van der Waals surface area (Å²) in [6.07, 6.45) is 4.78. The van der Waals surface area contributed by atoms with Crippen LogP contribution in [0.5, 0.6) is 0 Å². The van der Waals surface area contributed by atoms with E-state index in [0.29, 0.717) is 6.54 Å². The smallest absolute Gasteiger partial charge is 0.406 e. The van der Waals surface area contributed by atoms with E-state index in [1.165, 1.54) is 37.7 Å². The van der Waals surface area contributed by atoms with E-state index in [-0.39, 0.29) is 12.1 Å². The third kappa shape index (κ3) is 4.21. The maximum absolute atomic E-state index is 11.3. The number of nitrogens with one attached hydrogen (secondary N) is 1. The van der Waals surface area contributed by atoms with Crippen LogP contribution < -0.4 is 5.32 Å². The molecular formula is C14H22N2O2S. The summed E-state index contributed by atoms with van der Waals surface area (Å²) >= 11 is 1.76. The fraction of sp³-hybridized carbons (Fsp3) is 0.643. The Balaban J connectivity index is 2.02. The number of likely N-dealkylation sites (tertiary alicyclic amines) is 1. The lowest BCUT2D eigenvalue weighted by molar-refractivity contribution is 0.159. The van der Waals surface area contributed by atoms with Gasteiger partial charge in [-0.05, 0) is 37.4 Å². The number of carbonyl (C=O) groups is 1. The van der Waals surface area contributed by atoms with Crippen LogP contribution in [0.3, 0.4) is 0 Å². The lowest BCUT2D eigenvalue weighted by Crippen LogP contribution is -2.38. The van der Waals surface area contributed by atoms with Crippen molar-refractivity contribution >= 4 is 17.4 Å². The molecule has 2 rings (SSSR count). The van der Waals surface area contributed by atoms with Crippen LogP contribution >= 0.6 is 11.3 Å². The maximum Gasteiger partial charge on any atom is 0.406 e. The molecule has 1 aliphatic rings. The van der Waals surface area contributed by atoms with Gasteiger partial charge in [-0.2, -0.15) is 0 Å². The van der Waals surface area contributed by atoms with E-state index >= 15 is 0 Å². The van der Waals surface area contributed by atoms with Crippen molar-refractivity contribution in [2.24, 2.45) is 0 Å². The first-order chi connectivity index (χ1) is 9.31. The molecule has 19 heavy (non-hydrogen) atoms. The number of alkyl carbamates (subject to hydrolysis) is 1. The molecule has 1 aromatic rings. The summed E-state index contributed by atoms with van der Waals surface area (Å²) in [7, 11) is 1.40. The summed E-state index contributed by atoms with van der Waals surface area (Å²) in [5, 5.41) is 4.94. The lowest BCUT2D eigenvalue weighted by atomic mass is 10.2. The molecule has 1 N–H and O–H groups in total. The van der Waals surface area contributed by atoms with Crippen molar-refractivity contribution in [3.05, 3.63) is 22.4 Å². The molecule has 0 bridgehead atoms. The highest BCUT2D eigenvalue weighted by atomic mass is 32.1. The zero-order chi connectivity index (χ0) is 13.5. The van der Waals surface area contributed by atoms with Crippen LogP contribution in [-0.2, 0) is 4.74 Å². The van der Waals surface area contributed by atoms with Crippen molar-refractivity contribution in [3.8, 4) is 0 Å². The van der Waals surface area contributed by atoms with Crippen LogP contribution in [0.2, 0.25) is 0 Å². The molecule has 0 spiro atoms. The van der Waals surface area contributed by atoms with Gasteiger partial charge in [-0.15, -0.1) is 11.3 Å². The number of hydrogen-bond acceptors (Lipinski definition) is 4. The average molecular weight is 282 g/mol. The van der Waals surface area contributed by atoms with Crippen LogP contribution in [0.1, 0.15) is 36.6 Å². The molecule has 0 saturated carbocycles. The van der Waals surface area contributed by atoms with Crippen molar-refractivity contribution in [1.82, 2.24) is 10.2 Å². The minimum atomic E-state index is -0.351. The summed E-state index contributed by atoms with van der Waals surface area (Å²) in [5.41, 5.74) is 0. The minimum Gasteiger partial charge on any atom is -0.453 e. The van der Waals surface area contributed by atoms with Crippen LogP contribution in [-0.4, -0.2) is 37.7 Å². The second-order valence-corrected chi connectivity index (χ2v) is 5.83. The third-order valence-corrected chi connectivity index (χ3v) is 4.55. The number of methoxy groups -OCH3 is 1. The first-order valence-electron chi connectivity index (χ1n) is 6.90.